The number of hydrogen-bond acceptors (Lipinski definition) is 3. The maximum atomic E-state index is 12.1. The Kier molecular flexibility index (Phi) is 9.68. The molecular weight excluding hydrogens is 531 g/mol. The van der Waals surface area contributed by atoms with E-state index in [9.17, 15) is 26.3 Å². The van der Waals surface area contributed by atoms with Crippen molar-refractivity contribution in [2.75, 3.05) is 11.9 Å². The topological polar surface area (TPSA) is 68.9 Å². The van der Waals surface area contributed by atoms with Crippen LogP contribution in [0.3, 0.4) is 0 Å². The number of nitrogens with two attached hydrogens (primary N) is 1. The SMILES string of the molecule is I.NC(=NCc1cccc(COCC(F)(F)F)c1)Nc1ccc(OC(F)(F)F)cc1. The molecule has 0 aliphatic carbocycles. The van der Waals surface area contributed by atoms with Crippen LogP contribution in [-0.2, 0) is 17.9 Å². The Morgan fingerprint density at radius 2 is 1.60 bits per heavy atom. The smallest absolute Gasteiger partial charge is 0.406 e. The number of guanidine groups is 1. The number of rotatable bonds is 7. The summed E-state index contributed by atoms with van der Waals surface area (Å²) in [6, 6.07) is 11.5. The molecule has 5 nitrogen and oxygen atoms in total. The van der Waals surface area contributed by atoms with Crippen LogP contribution < -0.4 is 15.8 Å². The van der Waals surface area contributed by atoms with Gasteiger partial charge >= 0.3 is 12.5 Å². The summed E-state index contributed by atoms with van der Waals surface area (Å²) in [7, 11) is 0. The van der Waals surface area contributed by atoms with Crippen LogP contribution in [0.25, 0.3) is 0 Å². The molecule has 0 saturated carbocycles. The second-order valence-electron chi connectivity index (χ2n) is 5.83. The summed E-state index contributed by atoms with van der Waals surface area (Å²) < 4.78 is 81.1. The molecule has 2 aromatic rings. The van der Waals surface area contributed by atoms with Gasteiger partial charge in [0.1, 0.15) is 12.4 Å². The Hall–Kier alpha value is -2.22. The van der Waals surface area contributed by atoms with Gasteiger partial charge in [0.25, 0.3) is 0 Å². The van der Waals surface area contributed by atoms with Crippen LogP contribution in [0.1, 0.15) is 11.1 Å². The average molecular weight is 549 g/mol. The van der Waals surface area contributed by atoms with Crippen molar-refractivity contribution in [3.63, 3.8) is 0 Å². The van der Waals surface area contributed by atoms with Crippen molar-refractivity contribution >= 4 is 35.6 Å². The molecular formula is C18H18F6IN3O2. The number of hydrogen-bond donors (Lipinski definition) is 2. The molecule has 30 heavy (non-hydrogen) atoms. The van der Waals surface area contributed by atoms with Crippen molar-refractivity contribution in [1.29, 1.82) is 0 Å². The molecule has 0 aliphatic rings. The van der Waals surface area contributed by atoms with Crippen LogP contribution in [0, 0.1) is 0 Å². The molecule has 3 N–H and O–H groups in total. The normalized spacial score (nSPS) is 12.3. The fraction of sp³-hybridized carbons (Fsp3) is 0.278. The van der Waals surface area contributed by atoms with Gasteiger partial charge in [0, 0.05) is 5.69 Å². The Morgan fingerprint density at radius 3 is 2.20 bits per heavy atom. The second kappa shape index (κ2) is 11.2. The number of anilines is 1. The Labute approximate surface area is 185 Å². The highest BCUT2D eigenvalue weighted by atomic mass is 127. The van der Waals surface area contributed by atoms with Crippen molar-refractivity contribution in [2.24, 2.45) is 10.7 Å². The first-order valence-corrected chi connectivity index (χ1v) is 8.15. The van der Waals surface area contributed by atoms with Crippen LogP contribution in [0.2, 0.25) is 0 Å². The van der Waals surface area contributed by atoms with Gasteiger partial charge in [-0.1, -0.05) is 24.3 Å². The summed E-state index contributed by atoms with van der Waals surface area (Å²) in [4.78, 5) is 4.08. The van der Waals surface area contributed by atoms with Crippen molar-refractivity contribution in [1.82, 2.24) is 0 Å². The maximum absolute atomic E-state index is 12.1. The van der Waals surface area contributed by atoms with Crippen LogP contribution in [-0.4, -0.2) is 25.1 Å². The van der Waals surface area contributed by atoms with Crippen molar-refractivity contribution < 1.29 is 35.8 Å². The molecule has 0 atom stereocenters. The third kappa shape index (κ3) is 10.5. The molecule has 0 unspecified atom stereocenters. The van der Waals surface area contributed by atoms with E-state index in [4.69, 9.17) is 5.73 Å². The first-order valence-electron chi connectivity index (χ1n) is 8.15. The second-order valence-corrected chi connectivity index (χ2v) is 5.83. The van der Waals surface area contributed by atoms with Crippen LogP contribution in [0.5, 0.6) is 5.75 Å². The average Bonchev–Trinajstić information content (AvgIpc) is 2.60. The van der Waals surface area contributed by atoms with Crippen LogP contribution in [0.15, 0.2) is 53.5 Å². The van der Waals surface area contributed by atoms with Crippen LogP contribution >= 0.6 is 24.0 Å². The minimum absolute atomic E-state index is 0. The van der Waals surface area contributed by atoms with E-state index in [1.54, 1.807) is 24.3 Å². The van der Waals surface area contributed by atoms with Gasteiger partial charge in [0.15, 0.2) is 5.96 Å². The number of benzene rings is 2. The maximum Gasteiger partial charge on any atom is 0.573 e. The zero-order valence-electron chi connectivity index (χ0n) is 15.3. The highest BCUT2D eigenvalue weighted by Crippen LogP contribution is 2.24. The minimum atomic E-state index is -4.78. The van der Waals surface area contributed by atoms with Gasteiger partial charge in [-0.25, -0.2) is 4.99 Å². The minimum Gasteiger partial charge on any atom is -0.406 e. The largest absolute Gasteiger partial charge is 0.573 e. The molecule has 0 amide bonds. The van der Waals surface area contributed by atoms with E-state index in [-0.39, 0.29) is 48.8 Å². The van der Waals surface area contributed by atoms with E-state index in [2.05, 4.69) is 19.8 Å². The molecule has 12 heteroatoms. The monoisotopic (exact) mass is 549 g/mol. The van der Waals surface area contributed by atoms with Crippen molar-refractivity contribution in [3.8, 4) is 5.75 Å². The first kappa shape index (κ1) is 25.8. The lowest BCUT2D eigenvalue weighted by atomic mass is 10.1. The van der Waals surface area contributed by atoms with Gasteiger partial charge in [-0.3, -0.25) is 0 Å². The molecule has 0 spiro atoms. The quantitative estimate of drug-likeness (QED) is 0.216. The molecule has 166 valence electrons. The number of ether oxygens (including phenoxy) is 2. The molecule has 0 aliphatic heterocycles. The van der Waals surface area contributed by atoms with E-state index in [0.717, 1.165) is 12.1 Å². The van der Waals surface area contributed by atoms with Crippen LogP contribution in [0.4, 0.5) is 32.0 Å². The predicted octanol–water partition coefficient (Wildman–Crippen LogP) is 5.21. The summed E-state index contributed by atoms with van der Waals surface area (Å²) in [6.07, 6.45) is -9.17. The molecule has 0 radical (unpaired) electrons. The van der Waals surface area contributed by atoms with Gasteiger partial charge in [0.2, 0.25) is 0 Å². The Bertz CT molecular complexity index is 826. The fourth-order valence-electron chi connectivity index (χ4n) is 2.21. The number of nitrogens with one attached hydrogen (secondary N) is 1. The highest BCUT2D eigenvalue weighted by Gasteiger charge is 2.31. The molecule has 0 fully saturated rings. The van der Waals surface area contributed by atoms with Gasteiger partial charge in [-0.15, -0.1) is 37.1 Å². The van der Waals surface area contributed by atoms with E-state index in [1.807, 2.05) is 0 Å². The highest BCUT2D eigenvalue weighted by molar-refractivity contribution is 14.0. The number of nitrogens with zero attached hydrogens (tertiary/aromatic N) is 1. The summed E-state index contributed by atoms with van der Waals surface area (Å²) in [5, 5.41) is 2.71. The van der Waals surface area contributed by atoms with E-state index in [0.29, 0.717) is 16.8 Å². The fourth-order valence-corrected chi connectivity index (χ4v) is 2.21. The van der Waals surface area contributed by atoms with E-state index < -0.39 is 19.1 Å². The van der Waals surface area contributed by atoms with Crippen molar-refractivity contribution in [3.05, 3.63) is 59.7 Å². The Balaban J connectivity index is 0.00000450. The number of halogens is 7. The van der Waals surface area contributed by atoms with Crippen molar-refractivity contribution in [2.45, 2.75) is 25.7 Å². The summed E-state index contributed by atoms with van der Waals surface area (Å²) >= 11 is 0. The molecule has 0 bridgehead atoms. The molecule has 2 aromatic carbocycles. The number of aliphatic imine (C=N–C) groups is 1. The first-order chi connectivity index (χ1) is 13.5. The third-order valence-electron chi connectivity index (χ3n) is 3.32. The summed E-state index contributed by atoms with van der Waals surface area (Å²) in [5.74, 6) is -0.365. The number of alkyl halides is 6. The van der Waals surface area contributed by atoms with Gasteiger partial charge in [-0.2, -0.15) is 13.2 Å². The van der Waals surface area contributed by atoms with Gasteiger partial charge in [-0.05, 0) is 35.4 Å². The standard InChI is InChI=1S/C18H17F6N3O2.HI/c19-17(20,21)11-28-10-13-3-1-2-12(8-13)9-26-16(25)27-14-4-6-15(7-5-14)29-18(22,23)24;/h1-8H,9-11H2,(H3,25,26,27);1H. The molecule has 0 aromatic heterocycles. The third-order valence-corrected chi connectivity index (χ3v) is 3.32. The summed E-state index contributed by atoms with van der Waals surface area (Å²) in [6.45, 7) is -1.39. The zero-order chi connectivity index (χ0) is 21.5. The van der Waals surface area contributed by atoms with E-state index in [1.165, 1.54) is 12.1 Å². The molecule has 0 heterocycles. The zero-order valence-corrected chi connectivity index (χ0v) is 17.6. The lowest BCUT2D eigenvalue weighted by molar-refractivity contribution is -0.274. The molecule has 2 rings (SSSR count). The Morgan fingerprint density at radius 1 is 0.967 bits per heavy atom. The van der Waals surface area contributed by atoms with Gasteiger partial charge < -0.3 is 20.5 Å². The van der Waals surface area contributed by atoms with E-state index >= 15 is 0 Å². The summed E-state index contributed by atoms with van der Waals surface area (Å²) in [5.41, 5.74) is 7.38. The lowest BCUT2D eigenvalue weighted by Crippen LogP contribution is -2.22. The van der Waals surface area contributed by atoms with Gasteiger partial charge in [0.05, 0.1) is 13.2 Å². The molecule has 0 saturated heterocycles. The predicted molar refractivity (Wildman–Crippen MR) is 110 cm³/mol. The lowest BCUT2D eigenvalue weighted by Gasteiger charge is -2.10.